The summed E-state index contributed by atoms with van der Waals surface area (Å²) >= 11 is 0. The molecule has 0 saturated heterocycles. The van der Waals surface area contributed by atoms with Crippen LogP contribution in [0, 0.1) is 10.1 Å². The second kappa shape index (κ2) is 6.80. The Morgan fingerprint density at radius 2 is 2.22 bits per heavy atom. The predicted molar refractivity (Wildman–Crippen MR) is 69.1 cm³/mol. The van der Waals surface area contributed by atoms with Gasteiger partial charge in [0.15, 0.2) is 5.75 Å². The normalized spacial score (nSPS) is 10.4. The Hall–Kier alpha value is -1.82. The summed E-state index contributed by atoms with van der Waals surface area (Å²) in [4.78, 5) is 10.6. The summed E-state index contributed by atoms with van der Waals surface area (Å²) in [5, 5.41) is 22.7. The maximum absolute atomic E-state index is 11.1. The van der Waals surface area contributed by atoms with Gasteiger partial charge < -0.3 is 15.2 Å². The fourth-order valence-electron chi connectivity index (χ4n) is 1.50. The molecule has 6 heteroatoms. The molecule has 100 valence electrons. The van der Waals surface area contributed by atoms with E-state index in [1.807, 2.05) is 13.8 Å². The molecule has 0 bridgehead atoms. The van der Waals surface area contributed by atoms with Gasteiger partial charge >= 0.3 is 5.69 Å². The van der Waals surface area contributed by atoms with Gasteiger partial charge in [0, 0.05) is 13.2 Å². The van der Waals surface area contributed by atoms with E-state index in [4.69, 9.17) is 9.84 Å². The minimum atomic E-state index is -0.459. The van der Waals surface area contributed by atoms with Crippen LogP contribution in [0.3, 0.4) is 0 Å². The van der Waals surface area contributed by atoms with E-state index >= 15 is 0 Å². The Labute approximate surface area is 106 Å². The molecule has 0 aliphatic heterocycles. The smallest absolute Gasteiger partial charge is 0.333 e. The van der Waals surface area contributed by atoms with E-state index in [0.717, 1.165) is 0 Å². The van der Waals surface area contributed by atoms with E-state index in [1.54, 1.807) is 18.2 Å². The molecule has 6 nitrogen and oxygen atoms in total. The monoisotopic (exact) mass is 254 g/mol. The van der Waals surface area contributed by atoms with Crippen molar-refractivity contribution in [3.8, 4) is 5.75 Å². The van der Waals surface area contributed by atoms with E-state index in [1.165, 1.54) is 0 Å². The highest BCUT2D eigenvalue weighted by Crippen LogP contribution is 2.35. The van der Waals surface area contributed by atoms with Crippen molar-refractivity contribution < 1.29 is 14.8 Å². The molecule has 0 aliphatic rings. The molecule has 0 aliphatic carbocycles. The van der Waals surface area contributed by atoms with Crippen molar-refractivity contribution in [3.63, 3.8) is 0 Å². The lowest BCUT2D eigenvalue weighted by Gasteiger charge is -2.12. The average Bonchev–Trinajstić information content (AvgIpc) is 2.28. The Bertz CT molecular complexity index is 407. The highest BCUT2D eigenvalue weighted by atomic mass is 16.6. The fraction of sp³-hybridized carbons (Fsp3) is 0.500. The molecular weight excluding hydrogens is 236 g/mol. The number of nitro benzene ring substituents is 1. The van der Waals surface area contributed by atoms with Crippen LogP contribution in [0.5, 0.6) is 5.75 Å². The zero-order valence-corrected chi connectivity index (χ0v) is 10.5. The van der Waals surface area contributed by atoms with Gasteiger partial charge in [0.05, 0.1) is 11.0 Å². The summed E-state index contributed by atoms with van der Waals surface area (Å²) in [7, 11) is 0. The summed E-state index contributed by atoms with van der Waals surface area (Å²) < 4.78 is 5.42. The summed E-state index contributed by atoms with van der Waals surface area (Å²) in [5.74, 6) is 0.254. The van der Waals surface area contributed by atoms with Crippen LogP contribution in [0.15, 0.2) is 18.2 Å². The van der Waals surface area contributed by atoms with Crippen molar-refractivity contribution in [2.45, 2.75) is 26.4 Å². The Balaban J connectivity index is 2.98. The summed E-state index contributed by atoms with van der Waals surface area (Å²) in [6, 6.07) is 4.91. The predicted octanol–water partition coefficient (Wildman–Crippen LogP) is 2.18. The van der Waals surface area contributed by atoms with Crippen LogP contribution >= 0.6 is 0 Å². The van der Waals surface area contributed by atoms with Gasteiger partial charge in [-0.2, -0.15) is 0 Å². The first-order valence-corrected chi connectivity index (χ1v) is 5.85. The zero-order valence-electron chi connectivity index (χ0n) is 10.5. The molecule has 2 N–H and O–H groups in total. The molecule has 1 aromatic rings. The number of hydrogen-bond acceptors (Lipinski definition) is 5. The third-order valence-corrected chi connectivity index (χ3v) is 2.19. The van der Waals surface area contributed by atoms with Crippen molar-refractivity contribution >= 4 is 11.4 Å². The number of nitrogens with one attached hydrogen (secondary N) is 1. The number of anilines is 1. The minimum absolute atomic E-state index is 0.0446. The molecule has 1 rings (SSSR count). The topological polar surface area (TPSA) is 84.6 Å². The molecular formula is C12H18N2O4. The van der Waals surface area contributed by atoms with Crippen LogP contribution in [0.4, 0.5) is 11.4 Å². The Kier molecular flexibility index (Phi) is 5.38. The van der Waals surface area contributed by atoms with Gasteiger partial charge in [0.25, 0.3) is 0 Å². The maximum Gasteiger partial charge on any atom is 0.333 e. The Morgan fingerprint density at radius 1 is 1.50 bits per heavy atom. The maximum atomic E-state index is 11.1. The minimum Gasteiger partial charge on any atom is -0.484 e. The standard InChI is InChI=1S/C12H18N2O4/c1-9(2)18-11-6-3-5-10(12(11)14(16)17)13-7-4-8-15/h3,5-6,9,13,15H,4,7-8H2,1-2H3. The van der Waals surface area contributed by atoms with Crippen LogP contribution in [0.1, 0.15) is 20.3 Å². The number of hydrogen-bond donors (Lipinski definition) is 2. The van der Waals surface area contributed by atoms with Crippen LogP contribution in [0.2, 0.25) is 0 Å². The summed E-state index contributed by atoms with van der Waals surface area (Å²) in [6.45, 7) is 4.15. The van der Waals surface area contributed by atoms with Crippen molar-refractivity contribution in [1.82, 2.24) is 0 Å². The molecule has 0 fully saturated rings. The van der Waals surface area contributed by atoms with E-state index in [2.05, 4.69) is 5.32 Å². The SMILES string of the molecule is CC(C)Oc1cccc(NCCCO)c1[N+](=O)[O-]. The molecule has 0 heterocycles. The highest BCUT2D eigenvalue weighted by molar-refractivity contribution is 5.68. The van der Waals surface area contributed by atoms with Gasteiger partial charge in [-0.05, 0) is 32.4 Å². The van der Waals surface area contributed by atoms with Crippen LogP contribution < -0.4 is 10.1 Å². The van der Waals surface area contributed by atoms with E-state index in [0.29, 0.717) is 18.7 Å². The molecule has 1 aromatic carbocycles. The number of rotatable bonds is 7. The van der Waals surface area contributed by atoms with Crippen LogP contribution in [0.25, 0.3) is 0 Å². The van der Waals surface area contributed by atoms with Crippen molar-refractivity contribution in [2.24, 2.45) is 0 Å². The van der Waals surface area contributed by atoms with Crippen molar-refractivity contribution in [3.05, 3.63) is 28.3 Å². The van der Waals surface area contributed by atoms with Crippen LogP contribution in [-0.4, -0.2) is 29.3 Å². The number of aliphatic hydroxyl groups is 1. The first-order valence-electron chi connectivity index (χ1n) is 5.85. The number of aliphatic hydroxyl groups excluding tert-OH is 1. The van der Waals surface area contributed by atoms with Gasteiger partial charge in [-0.3, -0.25) is 10.1 Å². The van der Waals surface area contributed by atoms with E-state index in [9.17, 15) is 10.1 Å². The number of nitro groups is 1. The van der Waals surface area contributed by atoms with Gasteiger partial charge in [0.1, 0.15) is 5.69 Å². The van der Waals surface area contributed by atoms with Gasteiger partial charge in [0.2, 0.25) is 0 Å². The summed E-state index contributed by atoms with van der Waals surface area (Å²) in [5.41, 5.74) is 0.343. The molecule has 0 spiro atoms. The van der Waals surface area contributed by atoms with Crippen molar-refractivity contribution in [2.75, 3.05) is 18.5 Å². The highest BCUT2D eigenvalue weighted by Gasteiger charge is 2.21. The lowest BCUT2D eigenvalue weighted by atomic mass is 10.2. The first-order chi connectivity index (χ1) is 8.56. The molecule has 0 amide bonds. The van der Waals surface area contributed by atoms with Gasteiger partial charge in [-0.25, -0.2) is 0 Å². The van der Waals surface area contributed by atoms with E-state index < -0.39 is 4.92 Å². The first kappa shape index (κ1) is 14.2. The second-order valence-electron chi connectivity index (χ2n) is 4.08. The fourth-order valence-corrected chi connectivity index (χ4v) is 1.50. The third-order valence-electron chi connectivity index (χ3n) is 2.19. The number of nitrogens with zero attached hydrogens (tertiary/aromatic N) is 1. The second-order valence-corrected chi connectivity index (χ2v) is 4.08. The van der Waals surface area contributed by atoms with Crippen LogP contribution in [-0.2, 0) is 0 Å². The van der Waals surface area contributed by atoms with Gasteiger partial charge in [-0.1, -0.05) is 6.07 Å². The average molecular weight is 254 g/mol. The lowest BCUT2D eigenvalue weighted by molar-refractivity contribution is -0.385. The molecule has 0 aromatic heterocycles. The number of benzene rings is 1. The largest absolute Gasteiger partial charge is 0.484 e. The number of ether oxygens (including phenoxy) is 1. The molecule has 0 radical (unpaired) electrons. The van der Waals surface area contributed by atoms with Crippen molar-refractivity contribution in [1.29, 1.82) is 0 Å². The number of para-hydroxylation sites is 1. The molecule has 0 saturated carbocycles. The zero-order chi connectivity index (χ0) is 13.5. The Morgan fingerprint density at radius 3 is 2.78 bits per heavy atom. The molecule has 0 unspecified atom stereocenters. The van der Waals surface area contributed by atoms with Gasteiger partial charge in [-0.15, -0.1) is 0 Å². The summed E-state index contributed by atoms with van der Waals surface area (Å²) in [6.07, 6.45) is 0.406. The lowest BCUT2D eigenvalue weighted by Crippen LogP contribution is -2.10. The quantitative estimate of drug-likeness (QED) is 0.442. The molecule has 0 atom stereocenters. The van der Waals surface area contributed by atoms with E-state index in [-0.39, 0.29) is 24.1 Å². The molecule has 18 heavy (non-hydrogen) atoms. The third kappa shape index (κ3) is 3.89.